The van der Waals surface area contributed by atoms with Crippen LogP contribution < -0.4 is 10.2 Å². The van der Waals surface area contributed by atoms with Gasteiger partial charge < -0.3 is 20.6 Å². The molecular weight excluding hydrogens is 475 g/mol. The van der Waals surface area contributed by atoms with Gasteiger partial charge in [-0.3, -0.25) is 14.5 Å². The third kappa shape index (κ3) is 6.34. The Kier molecular flexibility index (Phi) is 10.9. The third-order valence-corrected chi connectivity index (χ3v) is 5.86. The van der Waals surface area contributed by atoms with E-state index in [0.717, 1.165) is 37.4 Å². The van der Waals surface area contributed by atoms with E-state index in [9.17, 15) is 9.59 Å². The first kappa shape index (κ1) is 28.2. The van der Waals surface area contributed by atoms with E-state index in [-0.39, 0.29) is 54.6 Å². The molecule has 3 N–H and O–H groups in total. The van der Waals surface area contributed by atoms with E-state index in [4.69, 9.17) is 11.6 Å². The van der Waals surface area contributed by atoms with Crippen molar-refractivity contribution in [2.24, 2.45) is 0 Å². The minimum Gasteiger partial charge on any atom is -0.412 e. The summed E-state index contributed by atoms with van der Waals surface area (Å²) >= 11 is 6.06. The summed E-state index contributed by atoms with van der Waals surface area (Å²) in [6.07, 6.45) is 0.199. The second-order valence-corrected chi connectivity index (χ2v) is 8.12. The number of hydrogen-bond donors (Lipinski definition) is 1. The maximum absolute atomic E-state index is 13.5. The van der Waals surface area contributed by atoms with Crippen LogP contribution in [0.3, 0.4) is 0 Å². The van der Waals surface area contributed by atoms with Crippen LogP contribution in [-0.4, -0.2) is 66.9 Å². The molecule has 1 saturated heterocycles. The number of nitrogens with one attached hydrogen (secondary N) is 1. The van der Waals surface area contributed by atoms with Crippen LogP contribution in [0.1, 0.15) is 18.0 Å². The lowest BCUT2D eigenvalue weighted by atomic mass is 10.0. The van der Waals surface area contributed by atoms with Gasteiger partial charge in [-0.15, -0.1) is 24.8 Å². The van der Waals surface area contributed by atoms with Gasteiger partial charge in [-0.1, -0.05) is 35.9 Å². The first-order chi connectivity index (χ1) is 14.0. The summed E-state index contributed by atoms with van der Waals surface area (Å²) in [5.41, 5.74) is 2.30. The number of rotatable bonds is 3. The summed E-state index contributed by atoms with van der Waals surface area (Å²) in [7, 11) is 2.10. The highest BCUT2D eigenvalue weighted by Gasteiger charge is 2.34. The quantitative estimate of drug-likeness (QED) is 0.697. The number of likely N-dealkylation sites (N-methyl/N-ethyl adjacent to an activating group) is 1. The highest BCUT2D eigenvalue weighted by Crippen LogP contribution is 2.38. The molecule has 2 aromatic carbocycles. The molecule has 10 heteroatoms. The Hall–Kier alpha value is -1.87. The van der Waals surface area contributed by atoms with Crippen molar-refractivity contribution in [2.45, 2.75) is 12.5 Å². The van der Waals surface area contributed by atoms with Gasteiger partial charge in [0.1, 0.15) is 0 Å². The summed E-state index contributed by atoms with van der Waals surface area (Å²) < 4.78 is 0. The first-order valence-corrected chi connectivity index (χ1v) is 10.3. The van der Waals surface area contributed by atoms with Crippen molar-refractivity contribution in [1.82, 2.24) is 9.80 Å². The molecule has 1 fully saturated rings. The van der Waals surface area contributed by atoms with Gasteiger partial charge in [-0.25, -0.2) is 0 Å². The van der Waals surface area contributed by atoms with E-state index < -0.39 is 0 Å². The van der Waals surface area contributed by atoms with Crippen LogP contribution in [-0.2, 0) is 9.59 Å². The maximum Gasteiger partial charge on any atom is 0.241 e. The molecular formula is C22H29Cl3N4O3. The van der Waals surface area contributed by atoms with Crippen molar-refractivity contribution in [1.29, 1.82) is 0 Å². The second-order valence-electron chi connectivity index (χ2n) is 7.68. The van der Waals surface area contributed by atoms with Crippen molar-refractivity contribution in [3.8, 4) is 0 Å². The molecule has 32 heavy (non-hydrogen) atoms. The molecule has 0 aromatic heterocycles. The van der Waals surface area contributed by atoms with E-state index in [1.54, 1.807) is 17.0 Å². The zero-order valence-electron chi connectivity index (χ0n) is 17.8. The number of anilines is 2. The topological polar surface area (TPSA) is 87.4 Å². The molecule has 0 radical (unpaired) electrons. The summed E-state index contributed by atoms with van der Waals surface area (Å²) in [6, 6.07) is 14.5. The van der Waals surface area contributed by atoms with Crippen LogP contribution in [0.15, 0.2) is 48.5 Å². The largest absolute Gasteiger partial charge is 0.412 e. The normalized spacial score (nSPS) is 18.8. The monoisotopic (exact) mass is 502 g/mol. The van der Waals surface area contributed by atoms with Gasteiger partial charge in [0.05, 0.1) is 30.4 Å². The first-order valence-electron chi connectivity index (χ1n) is 9.88. The molecule has 2 amide bonds. The average Bonchev–Trinajstić information content (AvgIpc) is 2.86. The van der Waals surface area contributed by atoms with Crippen LogP contribution in [0, 0.1) is 0 Å². The molecule has 1 atom stereocenters. The fraction of sp³-hybridized carbons (Fsp3) is 0.364. The molecule has 7 nitrogen and oxygen atoms in total. The van der Waals surface area contributed by atoms with E-state index in [0.29, 0.717) is 17.3 Å². The molecule has 0 aliphatic carbocycles. The van der Waals surface area contributed by atoms with Gasteiger partial charge in [0.15, 0.2) is 0 Å². The summed E-state index contributed by atoms with van der Waals surface area (Å²) in [6.45, 7) is 3.95. The van der Waals surface area contributed by atoms with Crippen LogP contribution in [0.2, 0.25) is 5.02 Å². The van der Waals surface area contributed by atoms with Crippen molar-refractivity contribution >= 4 is 59.6 Å². The van der Waals surface area contributed by atoms with Gasteiger partial charge in [-0.05, 0) is 36.9 Å². The number of para-hydroxylation sites is 2. The fourth-order valence-electron chi connectivity index (χ4n) is 3.96. The number of piperazine rings is 1. The Balaban J connectivity index is 0.00000171. The number of amides is 2. The Morgan fingerprint density at radius 3 is 2.31 bits per heavy atom. The highest BCUT2D eigenvalue weighted by atomic mass is 35.5. The molecule has 2 heterocycles. The Bertz CT molecular complexity index is 906. The molecule has 0 bridgehead atoms. The number of fused-ring (bicyclic) bond motifs is 1. The van der Waals surface area contributed by atoms with Gasteiger partial charge in [0, 0.05) is 31.2 Å². The third-order valence-electron chi connectivity index (χ3n) is 5.61. The van der Waals surface area contributed by atoms with Crippen LogP contribution in [0.25, 0.3) is 0 Å². The number of nitrogens with zero attached hydrogens (tertiary/aromatic N) is 3. The molecule has 176 valence electrons. The molecule has 2 aromatic rings. The van der Waals surface area contributed by atoms with E-state index in [1.807, 2.05) is 36.4 Å². The average molecular weight is 504 g/mol. The molecule has 0 saturated carbocycles. The molecule has 4 rings (SSSR count). The number of halogens is 3. The Morgan fingerprint density at radius 2 is 1.66 bits per heavy atom. The van der Waals surface area contributed by atoms with Crippen molar-refractivity contribution in [3.05, 3.63) is 59.1 Å². The Labute approximate surface area is 205 Å². The predicted molar refractivity (Wildman–Crippen MR) is 133 cm³/mol. The number of benzene rings is 2. The van der Waals surface area contributed by atoms with Gasteiger partial charge in [0.25, 0.3) is 0 Å². The van der Waals surface area contributed by atoms with Gasteiger partial charge in [0.2, 0.25) is 11.8 Å². The van der Waals surface area contributed by atoms with E-state index in [1.165, 1.54) is 0 Å². The fourth-order valence-corrected chi connectivity index (χ4v) is 4.08. The van der Waals surface area contributed by atoms with Gasteiger partial charge >= 0.3 is 0 Å². The number of carbonyl (C=O) groups is 2. The molecule has 0 spiro atoms. The molecule has 2 aliphatic heterocycles. The zero-order valence-corrected chi connectivity index (χ0v) is 20.2. The summed E-state index contributed by atoms with van der Waals surface area (Å²) in [5, 5.41) is 3.58. The number of carbonyl (C=O) groups excluding carboxylic acids is 2. The lowest BCUT2D eigenvalue weighted by Gasteiger charge is -2.35. The molecule has 2 aliphatic rings. The van der Waals surface area contributed by atoms with Crippen LogP contribution in [0.5, 0.6) is 0 Å². The Morgan fingerprint density at radius 1 is 1.03 bits per heavy atom. The lowest BCUT2D eigenvalue weighted by Crippen LogP contribution is -2.49. The van der Waals surface area contributed by atoms with Gasteiger partial charge in [-0.2, -0.15) is 0 Å². The summed E-state index contributed by atoms with van der Waals surface area (Å²) in [4.78, 5) is 32.4. The zero-order chi connectivity index (χ0) is 20.4. The smallest absolute Gasteiger partial charge is 0.241 e. The van der Waals surface area contributed by atoms with Crippen molar-refractivity contribution < 1.29 is 15.1 Å². The van der Waals surface area contributed by atoms with Crippen molar-refractivity contribution in [2.75, 3.05) is 50.0 Å². The molecule has 1 unspecified atom stereocenters. The standard InChI is InChI=1S/C22H25ClN4O2.2ClH.H2O/c1-25-10-12-26(13-11-25)15-22(29)27-19-5-3-2-4-18(19)24-21(28)14-20(27)16-6-8-17(23)9-7-16;;;/h2-9,20H,10-15H2,1H3,(H,24,28);2*1H;1H2. The predicted octanol–water partition coefficient (Wildman–Crippen LogP) is 3.02. The highest BCUT2D eigenvalue weighted by molar-refractivity contribution is 6.30. The maximum atomic E-state index is 13.5. The number of hydrogen-bond acceptors (Lipinski definition) is 4. The SMILES string of the molecule is CN1CCN(CC(=O)N2c3ccccc3NC(=O)CC2c2ccc(Cl)cc2)CC1.Cl.Cl.O. The lowest BCUT2D eigenvalue weighted by molar-refractivity contribution is -0.121. The van der Waals surface area contributed by atoms with E-state index in [2.05, 4.69) is 22.2 Å². The van der Waals surface area contributed by atoms with Crippen molar-refractivity contribution in [3.63, 3.8) is 0 Å². The summed E-state index contributed by atoms with van der Waals surface area (Å²) in [5.74, 6) is -0.106. The second kappa shape index (κ2) is 12.4. The minimum atomic E-state index is -0.379. The minimum absolute atomic E-state index is 0. The van der Waals surface area contributed by atoms with Crippen LogP contribution >= 0.6 is 36.4 Å². The van der Waals surface area contributed by atoms with Crippen LogP contribution in [0.4, 0.5) is 11.4 Å². The van der Waals surface area contributed by atoms with E-state index >= 15 is 0 Å².